The van der Waals surface area contributed by atoms with Crippen molar-refractivity contribution in [3.8, 4) is 5.75 Å². The van der Waals surface area contributed by atoms with E-state index in [-0.39, 0.29) is 24.2 Å². The molecule has 1 aromatic rings. The van der Waals surface area contributed by atoms with Crippen LogP contribution in [0.3, 0.4) is 0 Å². The van der Waals surface area contributed by atoms with E-state index in [1.165, 1.54) is 0 Å². The summed E-state index contributed by atoms with van der Waals surface area (Å²) in [6.07, 6.45) is 0.909. The molecule has 4 nitrogen and oxygen atoms in total. The highest BCUT2D eigenvalue weighted by molar-refractivity contribution is 5.85. The van der Waals surface area contributed by atoms with E-state index >= 15 is 0 Å². The minimum absolute atomic E-state index is 0. The minimum atomic E-state index is -0.624. The van der Waals surface area contributed by atoms with Gasteiger partial charge in [-0.1, -0.05) is 6.07 Å². The molecule has 0 saturated carbocycles. The molecule has 2 unspecified atom stereocenters. The second-order valence-electron chi connectivity index (χ2n) is 3.92. The molecule has 1 aliphatic carbocycles. The number of aromatic hydroxyl groups is 1. The predicted octanol–water partition coefficient (Wildman–Crippen LogP) is 1.16. The van der Waals surface area contributed by atoms with E-state index in [9.17, 15) is 10.2 Å². The van der Waals surface area contributed by atoms with Crippen molar-refractivity contribution in [2.45, 2.75) is 25.0 Å². The minimum Gasteiger partial charge on any atom is -0.506 e. The molecule has 0 saturated heterocycles. The van der Waals surface area contributed by atoms with Crippen LogP contribution in [0.4, 0.5) is 5.69 Å². The number of nitrogens with two attached hydrogens (primary N) is 1. The maximum absolute atomic E-state index is 9.91. The van der Waals surface area contributed by atoms with Gasteiger partial charge in [-0.3, -0.25) is 0 Å². The van der Waals surface area contributed by atoms with Crippen molar-refractivity contribution in [3.63, 3.8) is 0 Å². The summed E-state index contributed by atoms with van der Waals surface area (Å²) in [6.45, 7) is 0. The lowest BCUT2D eigenvalue weighted by Crippen LogP contribution is -2.33. The molecular formula is C11H17ClN2O2. The summed E-state index contributed by atoms with van der Waals surface area (Å²) in [5.41, 5.74) is 8.30. The third-order valence-corrected chi connectivity index (χ3v) is 3.03. The number of rotatable bonds is 1. The van der Waals surface area contributed by atoms with Crippen molar-refractivity contribution in [1.29, 1.82) is 0 Å². The number of anilines is 1. The number of phenolic OH excluding ortho intramolecular Hbond substituents is 1. The fraction of sp³-hybridized carbons (Fsp3) is 0.455. The summed E-state index contributed by atoms with van der Waals surface area (Å²) >= 11 is 0. The van der Waals surface area contributed by atoms with Crippen molar-refractivity contribution >= 4 is 18.1 Å². The molecule has 90 valence electrons. The highest BCUT2D eigenvalue weighted by atomic mass is 35.5. The molecule has 16 heavy (non-hydrogen) atoms. The Morgan fingerprint density at radius 2 is 2.12 bits per heavy atom. The van der Waals surface area contributed by atoms with Crippen LogP contribution in [0, 0.1) is 0 Å². The summed E-state index contributed by atoms with van der Waals surface area (Å²) in [4.78, 5) is 0. The zero-order chi connectivity index (χ0) is 11.0. The lowest BCUT2D eigenvalue weighted by molar-refractivity contribution is 0.134. The SMILES string of the molecule is CNc1c(O)ccc2c1CCC(N)C2O.Cl. The van der Waals surface area contributed by atoms with Crippen LogP contribution in [0.15, 0.2) is 12.1 Å². The first-order valence-electron chi connectivity index (χ1n) is 5.11. The summed E-state index contributed by atoms with van der Waals surface area (Å²) in [5, 5.41) is 22.5. The topological polar surface area (TPSA) is 78.5 Å². The first-order chi connectivity index (χ1) is 7.15. The Hall–Kier alpha value is -0.970. The first-order valence-corrected chi connectivity index (χ1v) is 5.11. The standard InChI is InChI=1S/C11H16N2O2.ClH/c1-13-10-6-2-4-8(12)11(15)7(6)3-5-9(10)14;/h3,5,8,11,13-15H,2,4,12H2,1H3;1H. The largest absolute Gasteiger partial charge is 0.506 e. The molecular weight excluding hydrogens is 228 g/mol. The van der Waals surface area contributed by atoms with E-state index in [4.69, 9.17) is 5.73 Å². The van der Waals surface area contributed by atoms with Crippen molar-refractivity contribution in [2.75, 3.05) is 12.4 Å². The average Bonchev–Trinajstić information content (AvgIpc) is 2.23. The van der Waals surface area contributed by atoms with Crippen LogP contribution in [-0.4, -0.2) is 23.3 Å². The average molecular weight is 245 g/mol. The van der Waals surface area contributed by atoms with Gasteiger partial charge in [-0.05, 0) is 30.0 Å². The number of nitrogens with one attached hydrogen (secondary N) is 1. The van der Waals surface area contributed by atoms with Gasteiger partial charge in [0.15, 0.2) is 0 Å². The van der Waals surface area contributed by atoms with Crippen molar-refractivity contribution in [1.82, 2.24) is 0 Å². The Morgan fingerprint density at radius 3 is 2.75 bits per heavy atom. The van der Waals surface area contributed by atoms with Crippen LogP contribution in [0.5, 0.6) is 5.75 Å². The van der Waals surface area contributed by atoms with Gasteiger partial charge in [-0.15, -0.1) is 12.4 Å². The maximum Gasteiger partial charge on any atom is 0.138 e. The summed E-state index contributed by atoms with van der Waals surface area (Å²) in [7, 11) is 1.76. The van der Waals surface area contributed by atoms with Gasteiger partial charge in [0.1, 0.15) is 5.75 Å². The van der Waals surface area contributed by atoms with Crippen LogP contribution in [0.25, 0.3) is 0 Å². The number of aliphatic hydroxyl groups excluding tert-OH is 1. The zero-order valence-electron chi connectivity index (χ0n) is 9.10. The zero-order valence-corrected chi connectivity index (χ0v) is 9.92. The van der Waals surface area contributed by atoms with Crippen LogP contribution < -0.4 is 11.1 Å². The second kappa shape index (κ2) is 4.91. The highest BCUT2D eigenvalue weighted by Crippen LogP contribution is 2.38. The van der Waals surface area contributed by atoms with Crippen LogP contribution in [-0.2, 0) is 6.42 Å². The van der Waals surface area contributed by atoms with E-state index in [1.807, 2.05) is 0 Å². The molecule has 0 aliphatic heterocycles. The monoisotopic (exact) mass is 244 g/mol. The van der Waals surface area contributed by atoms with Crippen LogP contribution in [0.2, 0.25) is 0 Å². The Bertz CT molecular complexity index is 384. The van der Waals surface area contributed by atoms with Gasteiger partial charge in [0.05, 0.1) is 11.8 Å². The summed E-state index contributed by atoms with van der Waals surface area (Å²) < 4.78 is 0. The molecule has 5 heteroatoms. The normalized spacial score (nSPS) is 23.2. The number of aliphatic hydroxyl groups is 1. The fourth-order valence-electron chi connectivity index (χ4n) is 2.18. The Kier molecular flexibility index (Phi) is 4.02. The molecule has 5 N–H and O–H groups in total. The van der Waals surface area contributed by atoms with Gasteiger partial charge in [0.2, 0.25) is 0 Å². The number of phenols is 1. The Balaban J connectivity index is 0.00000128. The van der Waals surface area contributed by atoms with Gasteiger partial charge in [0.25, 0.3) is 0 Å². The third-order valence-electron chi connectivity index (χ3n) is 3.03. The van der Waals surface area contributed by atoms with E-state index < -0.39 is 6.10 Å². The first kappa shape index (κ1) is 13.1. The number of benzene rings is 1. The lowest BCUT2D eigenvalue weighted by atomic mass is 9.85. The van der Waals surface area contributed by atoms with E-state index in [0.717, 1.165) is 24.0 Å². The van der Waals surface area contributed by atoms with Gasteiger partial charge >= 0.3 is 0 Å². The van der Waals surface area contributed by atoms with Gasteiger partial charge < -0.3 is 21.3 Å². The van der Waals surface area contributed by atoms with Crippen molar-refractivity contribution < 1.29 is 10.2 Å². The molecule has 0 aromatic heterocycles. The number of halogens is 1. The number of hydrogen-bond donors (Lipinski definition) is 4. The number of hydrogen-bond acceptors (Lipinski definition) is 4. The molecule has 2 atom stereocenters. The molecule has 0 heterocycles. The Morgan fingerprint density at radius 1 is 1.44 bits per heavy atom. The molecule has 1 aliphatic rings. The molecule has 0 fully saturated rings. The van der Waals surface area contributed by atoms with Gasteiger partial charge in [-0.2, -0.15) is 0 Å². The fourth-order valence-corrected chi connectivity index (χ4v) is 2.18. The number of fused-ring (bicyclic) bond motifs is 1. The molecule has 0 amide bonds. The molecule has 0 bridgehead atoms. The van der Waals surface area contributed by atoms with Gasteiger partial charge in [-0.25, -0.2) is 0 Å². The second-order valence-corrected chi connectivity index (χ2v) is 3.92. The van der Waals surface area contributed by atoms with Crippen LogP contribution in [0.1, 0.15) is 23.7 Å². The quantitative estimate of drug-likeness (QED) is 0.559. The Labute approximate surface area is 101 Å². The van der Waals surface area contributed by atoms with E-state index in [1.54, 1.807) is 19.2 Å². The van der Waals surface area contributed by atoms with E-state index in [0.29, 0.717) is 5.69 Å². The van der Waals surface area contributed by atoms with Crippen molar-refractivity contribution in [3.05, 3.63) is 23.3 Å². The molecule has 0 radical (unpaired) electrons. The predicted molar refractivity (Wildman–Crippen MR) is 66.2 cm³/mol. The lowest BCUT2D eigenvalue weighted by Gasteiger charge is -2.29. The third kappa shape index (κ3) is 1.96. The van der Waals surface area contributed by atoms with Crippen LogP contribution >= 0.6 is 12.4 Å². The highest BCUT2D eigenvalue weighted by Gasteiger charge is 2.27. The molecule has 0 spiro atoms. The van der Waals surface area contributed by atoms with E-state index in [2.05, 4.69) is 5.32 Å². The molecule has 2 rings (SSSR count). The molecule has 1 aromatic carbocycles. The smallest absolute Gasteiger partial charge is 0.138 e. The van der Waals surface area contributed by atoms with Crippen molar-refractivity contribution in [2.24, 2.45) is 5.73 Å². The summed E-state index contributed by atoms with van der Waals surface area (Å²) in [5.74, 6) is 0.221. The maximum atomic E-state index is 9.91. The summed E-state index contributed by atoms with van der Waals surface area (Å²) in [6, 6.07) is 3.13. The van der Waals surface area contributed by atoms with Gasteiger partial charge in [0, 0.05) is 13.1 Å².